The number of thioether (sulfide) groups is 1. The number of halogens is 1. The standard InChI is InChI=1S/C20H18BrNO2S/c1-3-24-18(23)12-25-20-13(2)22-17-10-9-15(21)11-16(17)19(20)14-7-5-4-6-8-14/h4-11H,3,12H2,1-2H3. The Balaban J connectivity index is 2.17. The Morgan fingerprint density at radius 1 is 1.20 bits per heavy atom. The van der Waals surface area contributed by atoms with E-state index in [4.69, 9.17) is 9.72 Å². The van der Waals surface area contributed by atoms with Crippen LogP contribution in [-0.4, -0.2) is 23.3 Å². The minimum Gasteiger partial charge on any atom is -0.465 e. The molecule has 0 N–H and O–H groups in total. The third-order valence-electron chi connectivity index (χ3n) is 3.77. The first-order valence-corrected chi connectivity index (χ1v) is 9.81. The molecule has 0 aliphatic carbocycles. The summed E-state index contributed by atoms with van der Waals surface area (Å²) in [5, 5.41) is 1.07. The molecule has 0 saturated carbocycles. The molecule has 0 saturated heterocycles. The molecule has 5 heteroatoms. The fourth-order valence-electron chi connectivity index (χ4n) is 2.74. The van der Waals surface area contributed by atoms with Crippen LogP contribution in [0, 0.1) is 6.92 Å². The van der Waals surface area contributed by atoms with Gasteiger partial charge < -0.3 is 4.74 Å². The first-order valence-electron chi connectivity index (χ1n) is 8.04. The highest BCUT2D eigenvalue weighted by Gasteiger charge is 2.17. The van der Waals surface area contributed by atoms with Crippen LogP contribution in [0.5, 0.6) is 0 Å². The predicted octanol–water partition coefficient (Wildman–Crippen LogP) is 5.63. The normalized spacial score (nSPS) is 10.8. The molecule has 128 valence electrons. The fourth-order valence-corrected chi connectivity index (χ4v) is 4.08. The fraction of sp³-hybridized carbons (Fsp3) is 0.200. The number of carbonyl (C=O) groups excluding carboxylic acids is 1. The summed E-state index contributed by atoms with van der Waals surface area (Å²) in [5.41, 5.74) is 4.09. The highest BCUT2D eigenvalue weighted by Crippen LogP contribution is 2.39. The van der Waals surface area contributed by atoms with Gasteiger partial charge in [-0.1, -0.05) is 46.3 Å². The second-order valence-electron chi connectivity index (χ2n) is 5.52. The lowest BCUT2D eigenvalue weighted by atomic mass is 10.00. The number of hydrogen-bond acceptors (Lipinski definition) is 4. The molecular formula is C20H18BrNO2S. The van der Waals surface area contributed by atoms with Crippen molar-refractivity contribution in [3.8, 4) is 11.1 Å². The SMILES string of the molecule is CCOC(=O)CSc1c(C)nc2ccc(Br)cc2c1-c1ccccc1. The highest BCUT2D eigenvalue weighted by atomic mass is 79.9. The number of benzene rings is 2. The lowest BCUT2D eigenvalue weighted by molar-refractivity contribution is -0.139. The first kappa shape index (κ1) is 18.0. The van der Waals surface area contributed by atoms with Crippen molar-refractivity contribution in [2.45, 2.75) is 18.7 Å². The van der Waals surface area contributed by atoms with E-state index in [0.717, 1.165) is 37.1 Å². The number of fused-ring (bicyclic) bond motifs is 1. The van der Waals surface area contributed by atoms with E-state index in [1.165, 1.54) is 11.8 Å². The van der Waals surface area contributed by atoms with Crippen LogP contribution in [0.3, 0.4) is 0 Å². The van der Waals surface area contributed by atoms with Gasteiger partial charge >= 0.3 is 5.97 Å². The Bertz CT molecular complexity index is 912. The van der Waals surface area contributed by atoms with Crippen LogP contribution in [0.2, 0.25) is 0 Å². The summed E-state index contributed by atoms with van der Waals surface area (Å²) in [5.74, 6) is 0.0654. The number of pyridine rings is 1. The lowest BCUT2D eigenvalue weighted by Crippen LogP contribution is -2.07. The van der Waals surface area contributed by atoms with E-state index in [2.05, 4.69) is 34.1 Å². The van der Waals surface area contributed by atoms with E-state index in [9.17, 15) is 4.79 Å². The van der Waals surface area contributed by atoms with Gasteiger partial charge in [-0.15, -0.1) is 11.8 Å². The van der Waals surface area contributed by atoms with E-state index in [1.807, 2.05) is 44.2 Å². The number of esters is 1. The maximum absolute atomic E-state index is 11.8. The van der Waals surface area contributed by atoms with E-state index < -0.39 is 0 Å². The van der Waals surface area contributed by atoms with Crippen molar-refractivity contribution in [1.29, 1.82) is 0 Å². The number of hydrogen-bond donors (Lipinski definition) is 0. The Morgan fingerprint density at radius 3 is 2.68 bits per heavy atom. The van der Waals surface area contributed by atoms with Crippen LogP contribution in [0.4, 0.5) is 0 Å². The van der Waals surface area contributed by atoms with Gasteiger partial charge in [0.15, 0.2) is 0 Å². The van der Waals surface area contributed by atoms with Gasteiger partial charge in [-0.05, 0) is 37.6 Å². The van der Waals surface area contributed by atoms with Crippen LogP contribution in [0.25, 0.3) is 22.0 Å². The van der Waals surface area contributed by atoms with Gasteiger partial charge in [0.1, 0.15) is 0 Å². The minimum absolute atomic E-state index is 0.208. The third kappa shape index (κ3) is 4.05. The van der Waals surface area contributed by atoms with Gasteiger partial charge in [0.25, 0.3) is 0 Å². The summed E-state index contributed by atoms with van der Waals surface area (Å²) in [7, 11) is 0. The van der Waals surface area contributed by atoms with Gasteiger partial charge in [-0.2, -0.15) is 0 Å². The summed E-state index contributed by atoms with van der Waals surface area (Å²) in [6.45, 7) is 4.20. The van der Waals surface area contributed by atoms with Crippen molar-refractivity contribution in [3.05, 3.63) is 58.7 Å². The van der Waals surface area contributed by atoms with E-state index in [1.54, 1.807) is 0 Å². The van der Waals surface area contributed by atoms with Crippen molar-refractivity contribution >= 4 is 44.6 Å². The summed E-state index contributed by atoms with van der Waals surface area (Å²) in [4.78, 5) is 17.6. The van der Waals surface area contributed by atoms with E-state index in [0.29, 0.717) is 6.61 Å². The van der Waals surface area contributed by atoms with Crippen molar-refractivity contribution in [3.63, 3.8) is 0 Å². The molecule has 2 aromatic carbocycles. The van der Waals surface area contributed by atoms with Gasteiger partial charge in [0.2, 0.25) is 0 Å². The van der Waals surface area contributed by atoms with Crippen LogP contribution in [-0.2, 0) is 9.53 Å². The molecule has 3 rings (SSSR count). The van der Waals surface area contributed by atoms with E-state index >= 15 is 0 Å². The van der Waals surface area contributed by atoms with Crippen LogP contribution in [0.15, 0.2) is 57.9 Å². The summed E-state index contributed by atoms with van der Waals surface area (Å²) < 4.78 is 6.07. The maximum atomic E-state index is 11.8. The Labute approximate surface area is 159 Å². The average molecular weight is 416 g/mol. The number of aromatic nitrogens is 1. The molecule has 0 unspecified atom stereocenters. The monoisotopic (exact) mass is 415 g/mol. The molecule has 0 aliphatic heterocycles. The van der Waals surface area contributed by atoms with Gasteiger partial charge in [-0.3, -0.25) is 9.78 Å². The quantitative estimate of drug-likeness (QED) is 0.399. The average Bonchev–Trinajstić information content (AvgIpc) is 2.61. The summed E-state index contributed by atoms with van der Waals surface area (Å²) in [6, 6.07) is 16.3. The van der Waals surface area contributed by atoms with Crippen molar-refractivity contribution < 1.29 is 9.53 Å². The van der Waals surface area contributed by atoms with Crippen molar-refractivity contribution in [2.24, 2.45) is 0 Å². The van der Waals surface area contributed by atoms with Crippen molar-refractivity contribution in [1.82, 2.24) is 4.98 Å². The molecule has 0 amide bonds. The van der Waals surface area contributed by atoms with Crippen LogP contribution in [0.1, 0.15) is 12.6 Å². The van der Waals surface area contributed by atoms with Crippen molar-refractivity contribution in [2.75, 3.05) is 12.4 Å². The van der Waals surface area contributed by atoms with Gasteiger partial charge in [0.05, 0.1) is 23.6 Å². The Morgan fingerprint density at radius 2 is 1.96 bits per heavy atom. The molecule has 25 heavy (non-hydrogen) atoms. The molecule has 0 fully saturated rings. The molecule has 3 nitrogen and oxygen atoms in total. The molecule has 3 aromatic rings. The second kappa shape index (κ2) is 8.02. The Kier molecular flexibility index (Phi) is 5.76. The molecule has 0 radical (unpaired) electrons. The predicted molar refractivity (Wildman–Crippen MR) is 107 cm³/mol. The third-order valence-corrected chi connectivity index (χ3v) is 5.44. The minimum atomic E-state index is -0.208. The zero-order valence-electron chi connectivity index (χ0n) is 14.1. The van der Waals surface area contributed by atoms with Crippen LogP contribution >= 0.6 is 27.7 Å². The largest absolute Gasteiger partial charge is 0.465 e. The zero-order chi connectivity index (χ0) is 17.8. The highest BCUT2D eigenvalue weighted by molar-refractivity contribution is 9.10. The molecule has 0 atom stereocenters. The molecule has 1 heterocycles. The summed E-state index contributed by atoms with van der Waals surface area (Å²) in [6.07, 6.45) is 0. The lowest BCUT2D eigenvalue weighted by Gasteiger charge is -2.15. The maximum Gasteiger partial charge on any atom is 0.316 e. The van der Waals surface area contributed by atoms with E-state index in [-0.39, 0.29) is 11.7 Å². The zero-order valence-corrected chi connectivity index (χ0v) is 16.5. The number of aryl methyl sites for hydroxylation is 1. The molecule has 0 aliphatic rings. The number of ether oxygens (including phenoxy) is 1. The molecular weight excluding hydrogens is 398 g/mol. The van der Waals surface area contributed by atoms with Crippen LogP contribution < -0.4 is 0 Å². The molecule has 1 aromatic heterocycles. The molecule has 0 spiro atoms. The number of rotatable bonds is 5. The second-order valence-corrected chi connectivity index (χ2v) is 7.42. The summed E-state index contributed by atoms with van der Waals surface area (Å²) >= 11 is 5.04. The number of carbonyl (C=O) groups is 1. The Hall–Kier alpha value is -1.85. The first-order chi connectivity index (χ1) is 12.1. The van der Waals surface area contributed by atoms with Gasteiger partial charge in [0, 0.05) is 20.3 Å². The number of nitrogens with zero attached hydrogens (tertiary/aromatic N) is 1. The van der Waals surface area contributed by atoms with Gasteiger partial charge in [-0.25, -0.2) is 0 Å². The topological polar surface area (TPSA) is 39.2 Å². The molecule has 0 bridgehead atoms. The smallest absolute Gasteiger partial charge is 0.316 e.